The number of rotatable bonds is 8. The SMILES string of the molecule is CC(=O)O[C@H](CN1CCCCC1)CN1CCN(C(=O)CCN2CCCCC2)CC1. The van der Waals surface area contributed by atoms with Crippen LogP contribution in [0, 0.1) is 0 Å². The van der Waals surface area contributed by atoms with Gasteiger partial charge in [-0.05, 0) is 51.9 Å². The van der Waals surface area contributed by atoms with E-state index in [0.29, 0.717) is 12.3 Å². The number of esters is 1. The van der Waals surface area contributed by atoms with Crippen LogP contribution in [0.25, 0.3) is 0 Å². The van der Waals surface area contributed by atoms with E-state index in [0.717, 1.165) is 72.0 Å². The van der Waals surface area contributed by atoms with E-state index in [1.807, 2.05) is 4.90 Å². The fourth-order valence-corrected chi connectivity index (χ4v) is 4.86. The second-order valence-corrected chi connectivity index (χ2v) is 8.93. The maximum absolute atomic E-state index is 12.6. The second kappa shape index (κ2) is 11.9. The first-order chi connectivity index (χ1) is 14.1. The lowest BCUT2D eigenvalue weighted by molar-refractivity contribution is -0.148. The lowest BCUT2D eigenvalue weighted by atomic mass is 10.1. The third-order valence-corrected chi connectivity index (χ3v) is 6.52. The molecule has 0 aromatic rings. The van der Waals surface area contributed by atoms with E-state index in [2.05, 4.69) is 14.7 Å². The molecule has 7 nitrogen and oxygen atoms in total. The molecule has 0 saturated carbocycles. The minimum absolute atomic E-state index is 0.0769. The molecule has 166 valence electrons. The average Bonchev–Trinajstić information content (AvgIpc) is 2.73. The van der Waals surface area contributed by atoms with Gasteiger partial charge >= 0.3 is 5.97 Å². The van der Waals surface area contributed by atoms with Gasteiger partial charge in [-0.3, -0.25) is 19.4 Å². The number of piperidine rings is 2. The van der Waals surface area contributed by atoms with E-state index in [1.165, 1.54) is 45.4 Å². The largest absolute Gasteiger partial charge is 0.460 e. The third kappa shape index (κ3) is 7.87. The van der Waals surface area contributed by atoms with Crippen LogP contribution in [-0.2, 0) is 14.3 Å². The summed E-state index contributed by atoms with van der Waals surface area (Å²) in [5.41, 5.74) is 0. The van der Waals surface area contributed by atoms with Gasteiger partial charge in [0.05, 0.1) is 0 Å². The summed E-state index contributed by atoms with van der Waals surface area (Å²) in [5, 5.41) is 0. The maximum Gasteiger partial charge on any atom is 0.302 e. The van der Waals surface area contributed by atoms with E-state index < -0.39 is 0 Å². The molecule has 0 unspecified atom stereocenters. The van der Waals surface area contributed by atoms with Crippen molar-refractivity contribution in [2.24, 2.45) is 0 Å². The molecule has 0 N–H and O–H groups in total. The fourth-order valence-electron chi connectivity index (χ4n) is 4.86. The number of nitrogens with zero attached hydrogens (tertiary/aromatic N) is 4. The molecule has 3 saturated heterocycles. The van der Waals surface area contributed by atoms with Crippen molar-refractivity contribution in [3.8, 4) is 0 Å². The summed E-state index contributed by atoms with van der Waals surface area (Å²) in [7, 11) is 0. The average molecular weight is 409 g/mol. The van der Waals surface area contributed by atoms with Crippen LogP contribution in [0.1, 0.15) is 51.9 Å². The van der Waals surface area contributed by atoms with E-state index in [4.69, 9.17) is 4.74 Å². The van der Waals surface area contributed by atoms with Crippen LogP contribution < -0.4 is 0 Å². The zero-order valence-corrected chi connectivity index (χ0v) is 18.3. The minimum atomic E-state index is -0.196. The molecule has 3 fully saturated rings. The molecule has 0 aromatic heterocycles. The standard InChI is InChI=1S/C22H40N4O3/c1-20(27)29-21(18-24-11-6-3-7-12-24)19-25-14-16-26(17-15-25)22(28)8-13-23-9-4-2-5-10-23/h21H,2-19H2,1H3/t21-/m1/s1. The number of ether oxygens (including phenoxy) is 1. The Kier molecular flexibility index (Phi) is 9.21. The quantitative estimate of drug-likeness (QED) is 0.567. The van der Waals surface area contributed by atoms with Gasteiger partial charge in [-0.15, -0.1) is 0 Å². The van der Waals surface area contributed by atoms with Gasteiger partial charge < -0.3 is 14.5 Å². The van der Waals surface area contributed by atoms with Crippen LogP contribution in [0.5, 0.6) is 0 Å². The number of likely N-dealkylation sites (tertiary alicyclic amines) is 2. The molecule has 0 spiro atoms. The summed E-state index contributed by atoms with van der Waals surface area (Å²) < 4.78 is 5.63. The number of carbonyl (C=O) groups excluding carboxylic acids is 2. The van der Waals surface area contributed by atoms with Crippen molar-refractivity contribution in [1.29, 1.82) is 0 Å². The summed E-state index contributed by atoms with van der Waals surface area (Å²) >= 11 is 0. The summed E-state index contributed by atoms with van der Waals surface area (Å²) in [5.74, 6) is 0.0959. The zero-order valence-electron chi connectivity index (χ0n) is 18.3. The lowest BCUT2D eigenvalue weighted by Gasteiger charge is -2.38. The van der Waals surface area contributed by atoms with Gasteiger partial charge in [-0.25, -0.2) is 0 Å². The fraction of sp³-hybridized carbons (Fsp3) is 0.909. The number of hydrogen-bond donors (Lipinski definition) is 0. The number of hydrogen-bond acceptors (Lipinski definition) is 6. The van der Waals surface area contributed by atoms with Gasteiger partial charge in [-0.1, -0.05) is 12.8 Å². The van der Waals surface area contributed by atoms with Crippen LogP contribution in [-0.4, -0.2) is 110 Å². The molecule has 7 heteroatoms. The normalized spacial score (nSPS) is 23.7. The number of carbonyl (C=O) groups is 2. The first-order valence-electron chi connectivity index (χ1n) is 11.7. The van der Waals surface area contributed by atoms with Crippen molar-refractivity contribution >= 4 is 11.9 Å². The van der Waals surface area contributed by atoms with Crippen molar-refractivity contribution in [3.63, 3.8) is 0 Å². The summed E-state index contributed by atoms with van der Waals surface area (Å²) in [6.45, 7) is 11.8. The Bertz CT molecular complexity index is 510. The van der Waals surface area contributed by atoms with Crippen LogP contribution in [0.15, 0.2) is 0 Å². The van der Waals surface area contributed by atoms with Gasteiger partial charge in [-0.2, -0.15) is 0 Å². The molecule has 3 rings (SSSR count). The van der Waals surface area contributed by atoms with Gasteiger partial charge in [0.2, 0.25) is 5.91 Å². The van der Waals surface area contributed by atoms with Crippen molar-refractivity contribution in [3.05, 3.63) is 0 Å². The summed E-state index contributed by atoms with van der Waals surface area (Å²) in [6.07, 6.45) is 8.23. The Morgan fingerprint density at radius 2 is 1.24 bits per heavy atom. The molecule has 3 aliphatic heterocycles. The molecule has 29 heavy (non-hydrogen) atoms. The van der Waals surface area contributed by atoms with Crippen molar-refractivity contribution < 1.29 is 14.3 Å². The molecule has 1 amide bonds. The van der Waals surface area contributed by atoms with E-state index in [9.17, 15) is 9.59 Å². The molecule has 0 aromatic carbocycles. The Labute approximate surface area is 176 Å². The van der Waals surface area contributed by atoms with Crippen molar-refractivity contribution in [1.82, 2.24) is 19.6 Å². The molecule has 0 bridgehead atoms. The first-order valence-corrected chi connectivity index (χ1v) is 11.7. The molecule has 0 aliphatic carbocycles. The van der Waals surface area contributed by atoms with Gasteiger partial charge in [0.1, 0.15) is 6.10 Å². The maximum atomic E-state index is 12.6. The van der Waals surface area contributed by atoms with Gasteiger partial charge in [0, 0.05) is 59.2 Å². The second-order valence-electron chi connectivity index (χ2n) is 8.93. The number of amides is 1. The van der Waals surface area contributed by atoms with Crippen LogP contribution >= 0.6 is 0 Å². The lowest BCUT2D eigenvalue weighted by Crippen LogP contribution is -2.52. The summed E-state index contributed by atoms with van der Waals surface area (Å²) in [6, 6.07) is 0. The van der Waals surface area contributed by atoms with Crippen LogP contribution in [0.3, 0.4) is 0 Å². The molecule has 0 radical (unpaired) electrons. The van der Waals surface area contributed by atoms with Crippen molar-refractivity contribution in [2.75, 3.05) is 72.0 Å². The summed E-state index contributed by atoms with van der Waals surface area (Å²) in [4.78, 5) is 33.4. The Balaban J connectivity index is 1.38. The highest BCUT2D eigenvalue weighted by Crippen LogP contribution is 2.13. The van der Waals surface area contributed by atoms with Crippen LogP contribution in [0.2, 0.25) is 0 Å². The van der Waals surface area contributed by atoms with Crippen molar-refractivity contribution in [2.45, 2.75) is 58.0 Å². The highest BCUT2D eigenvalue weighted by Gasteiger charge is 2.26. The molecule has 1 atom stereocenters. The van der Waals surface area contributed by atoms with Crippen LogP contribution in [0.4, 0.5) is 0 Å². The zero-order chi connectivity index (χ0) is 20.5. The Morgan fingerprint density at radius 1 is 0.724 bits per heavy atom. The topological polar surface area (TPSA) is 56.3 Å². The number of piperazine rings is 1. The van der Waals surface area contributed by atoms with Gasteiger partial charge in [0.25, 0.3) is 0 Å². The molecular formula is C22H40N4O3. The highest BCUT2D eigenvalue weighted by molar-refractivity contribution is 5.76. The smallest absolute Gasteiger partial charge is 0.302 e. The highest BCUT2D eigenvalue weighted by atomic mass is 16.5. The predicted octanol–water partition coefficient (Wildman–Crippen LogP) is 1.42. The third-order valence-electron chi connectivity index (χ3n) is 6.52. The predicted molar refractivity (Wildman–Crippen MR) is 114 cm³/mol. The molecular weight excluding hydrogens is 368 g/mol. The Hall–Kier alpha value is -1.18. The molecule has 3 heterocycles. The van der Waals surface area contributed by atoms with E-state index >= 15 is 0 Å². The van der Waals surface area contributed by atoms with E-state index in [1.54, 1.807) is 0 Å². The molecule has 3 aliphatic rings. The van der Waals surface area contributed by atoms with Gasteiger partial charge in [0.15, 0.2) is 0 Å². The minimum Gasteiger partial charge on any atom is -0.460 e. The van der Waals surface area contributed by atoms with E-state index in [-0.39, 0.29) is 12.1 Å². The monoisotopic (exact) mass is 408 g/mol. The first kappa shape index (κ1) is 22.5. The Morgan fingerprint density at radius 3 is 1.79 bits per heavy atom.